The van der Waals surface area contributed by atoms with E-state index in [0.29, 0.717) is 20.6 Å². The van der Waals surface area contributed by atoms with Crippen molar-refractivity contribution < 1.29 is 8.42 Å². The minimum Gasteiger partial charge on any atom is -0.200 e. The molecule has 0 fully saturated rings. The van der Waals surface area contributed by atoms with Crippen LogP contribution in [0, 0.1) is 0 Å². The number of nitrogens with one attached hydrogen (secondary N) is 1. The summed E-state index contributed by atoms with van der Waals surface area (Å²) in [5.74, 6) is 0. The first-order valence-corrected chi connectivity index (χ1v) is 8.26. The summed E-state index contributed by atoms with van der Waals surface area (Å²) in [6.07, 6.45) is 1.33. The monoisotopic (exact) mass is 362 g/mol. The third-order valence-electron chi connectivity index (χ3n) is 2.45. The van der Waals surface area contributed by atoms with Crippen molar-refractivity contribution in [1.29, 1.82) is 0 Å². The van der Waals surface area contributed by atoms with Crippen LogP contribution in [-0.2, 0) is 10.0 Å². The Balaban J connectivity index is 2.12. The molecule has 0 spiro atoms. The van der Waals surface area contributed by atoms with Crippen LogP contribution in [0.5, 0.6) is 0 Å². The number of nitrogens with zero attached hydrogens (tertiary/aromatic N) is 1. The van der Waals surface area contributed by atoms with E-state index in [1.54, 1.807) is 18.2 Å². The molecule has 0 radical (unpaired) electrons. The molecule has 110 valence electrons. The lowest BCUT2D eigenvalue weighted by atomic mass is 10.2. The smallest absolute Gasteiger partial charge is 0.200 e. The van der Waals surface area contributed by atoms with Crippen LogP contribution in [0.4, 0.5) is 0 Å². The number of halogens is 3. The Morgan fingerprint density at radius 2 is 1.62 bits per heavy atom. The van der Waals surface area contributed by atoms with Gasteiger partial charge in [-0.3, -0.25) is 0 Å². The van der Waals surface area contributed by atoms with Crippen LogP contribution in [0.1, 0.15) is 5.56 Å². The third kappa shape index (κ3) is 4.35. The van der Waals surface area contributed by atoms with Gasteiger partial charge in [-0.15, -0.1) is 0 Å². The molecule has 8 heteroatoms. The molecular formula is C13H9Cl3N2O2S. The maximum Gasteiger partial charge on any atom is 0.276 e. The molecule has 2 aromatic carbocycles. The van der Waals surface area contributed by atoms with Crippen molar-refractivity contribution in [3.05, 3.63) is 63.1 Å². The molecule has 0 atom stereocenters. The highest BCUT2D eigenvalue weighted by molar-refractivity contribution is 7.89. The fraction of sp³-hybridized carbons (Fsp3) is 0. The fourth-order valence-corrected chi connectivity index (χ4v) is 2.65. The summed E-state index contributed by atoms with van der Waals surface area (Å²) >= 11 is 17.3. The Hall–Kier alpha value is -1.27. The number of sulfonamides is 1. The van der Waals surface area contributed by atoms with E-state index in [0.717, 1.165) is 0 Å². The minimum absolute atomic E-state index is 0.0678. The van der Waals surface area contributed by atoms with Crippen molar-refractivity contribution in [3.8, 4) is 0 Å². The Morgan fingerprint density at radius 1 is 0.952 bits per heavy atom. The van der Waals surface area contributed by atoms with E-state index in [4.69, 9.17) is 34.8 Å². The van der Waals surface area contributed by atoms with Gasteiger partial charge in [-0.25, -0.2) is 4.83 Å². The summed E-state index contributed by atoms with van der Waals surface area (Å²) in [6, 6.07) is 10.6. The molecule has 0 heterocycles. The van der Waals surface area contributed by atoms with Crippen molar-refractivity contribution in [2.24, 2.45) is 5.10 Å². The average Bonchev–Trinajstić information content (AvgIpc) is 2.43. The standard InChI is InChI=1S/C13H9Cl3N2O2S/c14-10-2-4-11(5-3-10)21(19,20)18-17-8-9-1-6-12(15)13(16)7-9/h1-8,18H/b17-8+. The first-order chi connectivity index (χ1) is 9.88. The zero-order valence-electron chi connectivity index (χ0n) is 10.4. The zero-order valence-corrected chi connectivity index (χ0v) is 13.5. The molecule has 4 nitrogen and oxygen atoms in total. The Bertz CT molecular complexity index is 775. The lowest BCUT2D eigenvalue weighted by Gasteiger charge is -2.03. The van der Waals surface area contributed by atoms with E-state index in [1.165, 1.54) is 30.5 Å². The summed E-state index contributed by atoms with van der Waals surface area (Å²) in [4.78, 5) is 2.17. The predicted molar refractivity (Wildman–Crippen MR) is 85.8 cm³/mol. The minimum atomic E-state index is -3.73. The van der Waals surface area contributed by atoms with Crippen LogP contribution >= 0.6 is 34.8 Å². The van der Waals surface area contributed by atoms with Gasteiger partial charge < -0.3 is 0 Å². The molecule has 0 saturated heterocycles. The molecule has 0 amide bonds. The first kappa shape index (κ1) is 16.1. The molecule has 2 aromatic rings. The number of hydrazone groups is 1. The van der Waals surface area contributed by atoms with Crippen LogP contribution in [0.3, 0.4) is 0 Å². The lowest BCUT2D eigenvalue weighted by Crippen LogP contribution is -2.18. The molecule has 0 aliphatic rings. The second-order valence-electron chi connectivity index (χ2n) is 3.98. The van der Waals surface area contributed by atoms with Crippen LogP contribution in [-0.4, -0.2) is 14.6 Å². The van der Waals surface area contributed by atoms with E-state index in [-0.39, 0.29) is 4.90 Å². The van der Waals surface area contributed by atoms with Gasteiger partial charge in [-0.1, -0.05) is 40.9 Å². The van der Waals surface area contributed by atoms with Crippen LogP contribution in [0.25, 0.3) is 0 Å². The van der Waals surface area contributed by atoms with Gasteiger partial charge in [0, 0.05) is 5.02 Å². The molecule has 0 bridgehead atoms. The highest BCUT2D eigenvalue weighted by Crippen LogP contribution is 2.21. The Kier molecular flexibility index (Phi) is 5.11. The Morgan fingerprint density at radius 3 is 2.24 bits per heavy atom. The van der Waals surface area contributed by atoms with Crippen LogP contribution in [0.15, 0.2) is 52.5 Å². The van der Waals surface area contributed by atoms with Crippen LogP contribution < -0.4 is 4.83 Å². The average molecular weight is 364 g/mol. The van der Waals surface area contributed by atoms with Gasteiger partial charge in [0.05, 0.1) is 21.2 Å². The fourth-order valence-electron chi connectivity index (χ4n) is 1.43. The summed E-state index contributed by atoms with van der Waals surface area (Å²) in [7, 11) is -3.73. The molecule has 21 heavy (non-hydrogen) atoms. The van der Waals surface area contributed by atoms with E-state index in [2.05, 4.69) is 9.93 Å². The molecular weight excluding hydrogens is 355 g/mol. The van der Waals surface area contributed by atoms with Crippen molar-refractivity contribution >= 4 is 51.0 Å². The Labute approximate surface area is 137 Å². The first-order valence-electron chi connectivity index (χ1n) is 5.64. The SMILES string of the molecule is O=S(=O)(N/N=C/c1ccc(Cl)c(Cl)c1)c1ccc(Cl)cc1. The van der Waals surface area contributed by atoms with E-state index >= 15 is 0 Å². The largest absolute Gasteiger partial charge is 0.276 e. The normalized spacial score (nSPS) is 11.8. The number of hydrogen-bond donors (Lipinski definition) is 1. The topological polar surface area (TPSA) is 58.5 Å². The summed E-state index contributed by atoms with van der Waals surface area (Å²) in [5, 5.41) is 4.91. The summed E-state index contributed by atoms with van der Waals surface area (Å²) in [6.45, 7) is 0. The molecule has 2 rings (SSSR count). The summed E-state index contributed by atoms with van der Waals surface area (Å²) in [5.41, 5.74) is 0.614. The van der Waals surface area contributed by atoms with Gasteiger partial charge in [0.15, 0.2) is 0 Å². The molecule has 1 N–H and O–H groups in total. The quantitative estimate of drug-likeness (QED) is 0.660. The van der Waals surface area contributed by atoms with Gasteiger partial charge in [-0.05, 0) is 42.0 Å². The lowest BCUT2D eigenvalue weighted by molar-refractivity contribution is 0.584. The van der Waals surface area contributed by atoms with Gasteiger partial charge in [0.25, 0.3) is 10.0 Å². The second-order valence-corrected chi connectivity index (χ2v) is 6.89. The van der Waals surface area contributed by atoms with Crippen molar-refractivity contribution in [1.82, 2.24) is 4.83 Å². The van der Waals surface area contributed by atoms with Gasteiger partial charge in [-0.2, -0.15) is 13.5 Å². The van der Waals surface area contributed by atoms with Gasteiger partial charge in [0.2, 0.25) is 0 Å². The number of hydrogen-bond acceptors (Lipinski definition) is 3. The molecule has 0 unspecified atom stereocenters. The van der Waals surface area contributed by atoms with Gasteiger partial charge >= 0.3 is 0 Å². The van der Waals surface area contributed by atoms with E-state index in [9.17, 15) is 8.42 Å². The van der Waals surface area contributed by atoms with Gasteiger partial charge in [0.1, 0.15) is 0 Å². The van der Waals surface area contributed by atoms with E-state index < -0.39 is 10.0 Å². The molecule has 0 aliphatic heterocycles. The summed E-state index contributed by atoms with van der Waals surface area (Å²) < 4.78 is 23.9. The maximum atomic E-state index is 11.9. The highest BCUT2D eigenvalue weighted by atomic mass is 35.5. The second kappa shape index (κ2) is 6.66. The number of rotatable bonds is 4. The number of benzene rings is 2. The maximum absolute atomic E-state index is 11.9. The van der Waals surface area contributed by atoms with Crippen molar-refractivity contribution in [3.63, 3.8) is 0 Å². The third-order valence-corrected chi connectivity index (χ3v) is 4.68. The predicted octanol–water partition coefficient (Wildman–Crippen LogP) is 3.96. The van der Waals surface area contributed by atoms with Crippen LogP contribution in [0.2, 0.25) is 15.1 Å². The molecule has 0 saturated carbocycles. The van der Waals surface area contributed by atoms with E-state index in [1.807, 2.05) is 0 Å². The zero-order chi connectivity index (χ0) is 15.5. The molecule has 0 aliphatic carbocycles. The van der Waals surface area contributed by atoms with Crippen molar-refractivity contribution in [2.45, 2.75) is 4.90 Å². The highest BCUT2D eigenvalue weighted by Gasteiger charge is 2.11. The molecule has 0 aromatic heterocycles. The van der Waals surface area contributed by atoms with Crippen molar-refractivity contribution in [2.75, 3.05) is 0 Å².